The topological polar surface area (TPSA) is 47.0 Å². The van der Waals surface area contributed by atoms with Gasteiger partial charge in [0.1, 0.15) is 0 Å². The van der Waals surface area contributed by atoms with Gasteiger partial charge >= 0.3 is 0 Å². The highest BCUT2D eigenvalue weighted by Crippen LogP contribution is 2.43. The molecule has 4 aromatic rings. The number of fused-ring (bicyclic) bond motifs is 1. The Labute approximate surface area is 154 Å². The predicted octanol–water partition coefficient (Wildman–Crippen LogP) is 4.90. The highest BCUT2D eigenvalue weighted by Gasteiger charge is 2.51. The predicted molar refractivity (Wildman–Crippen MR) is 102 cm³/mol. The number of para-hydroxylation sites is 1. The second-order valence-electron chi connectivity index (χ2n) is 6.42. The molecule has 0 aliphatic heterocycles. The van der Waals surface area contributed by atoms with Crippen molar-refractivity contribution in [3.05, 3.63) is 89.6 Å². The van der Waals surface area contributed by atoms with E-state index in [0.717, 1.165) is 10.8 Å². The molecule has 0 spiro atoms. The molecule has 0 saturated carbocycles. The molecule has 0 amide bonds. The van der Waals surface area contributed by atoms with Crippen molar-refractivity contribution in [3.8, 4) is 0 Å². The number of hydrogen-bond acceptors (Lipinski definition) is 3. The first kappa shape index (κ1) is 15.2. The van der Waals surface area contributed by atoms with E-state index in [9.17, 15) is 9.59 Å². The number of halogens is 1. The summed E-state index contributed by atoms with van der Waals surface area (Å²) in [5.74, 6) is -0.840. The van der Waals surface area contributed by atoms with Crippen molar-refractivity contribution >= 4 is 44.8 Å². The summed E-state index contributed by atoms with van der Waals surface area (Å²) in [6.07, 6.45) is 0. The number of aromatic nitrogens is 1. The fourth-order valence-electron chi connectivity index (χ4n) is 3.68. The Bertz CT molecular complexity index is 1190. The molecule has 0 radical (unpaired) electrons. The third-order valence-electron chi connectivity index (χ3n) is 4.97. The molecule has 0 unspecified atom stereocenters. The van der Waals surface area contributed by atoms with Gasteiger partial charge in [-0.2, -0.15) is 0 Å². The Morgan fingerprint density at radius 2 is 1.31 bits per heavy atom. The first-order valence-electron chi connectivity index (χ1n) is 8.27. The Hall–Kier alpha value is -3.04. The number of rotatable bonds is 1. The third-order valence-corrected chi connectivity index (χ3v) is 5.51. The van der Waals surface area contributed by atoms with E-state index in [-0.39, 0.29) is 5.69 Å². The van der Waals surface area contributed by atoms with Gasteiger partial charge in [-0.1, -0.05) is 72.3 Å². The molecule has 1 aromatic heterocycles. The van der Waals surface area contributed by atoms with Crippen LogP contribution in [0.15, 0.2) is 72.8 Å². The summed E-state index contributed by atoms with van der Waals surface area (Å²) in [5, 5.41) is 2.45. The molecule has 4 heteroatoms. The number of benzene rings is 3. The summed E-state index contributed by atoms with van der Waals surface area (Å²) in [6, 6.07) is 21.9. The average molecular weight is 358 g/mol. The minimum atomic E-state index is -1.84. The molecule has 0 bridgehead atoms. The van der Waals surface area contributed by atoms with Crippen molar-refractivity contribution in [3.63, 3.8) is 0 Å². The number of ketones is 2. The van der Waals surface area contributed by atoms with E-state index in [2.05, 4.69) is 4.98 Å². The van der Waals surface area contributed by atoms with E-state index in [1.807, 2.05) is 42.5 Å². The molecule has 5 rings (SSSR count). The number of alkyl halides is 1. The summed E-state index contributed by atoms with van der Waals surface area (Å²) in [6.45, 7) is 0. The number of hydrogen-bond donors (Lipinski definition) is 0. The van der Waals surface area contributed by atoms with Crippen molar-refractivity contribution in [1.82, 2.24) is 4.98 Å². The minimum Gasteiger partial charge on any atom is -0.291 e. The zero-order valence-electron chi connectivity index (χ0n) is 13.6. The largest absolute Gasteiger partial charge is 0.291 e. The van der Waals surface area contributed by atoms with Crippen LogP contribution in [0.5, 0.6) is 0 Å². The molecular weight excluding hydrogens is 346 g/mol. The van der Waals surface area contributed by atoms with E-state index in [4.69, 9.17) is 11.6 Å². The normalized spacial score (nSPS) is 15.6. The SMILES string of the molecule is O=C1c2cccc3cccc(c23)C(=O)C1(Cl)c1ccc2ccccc2n1. The monoisotopic (exact) mass is 357 g/mol. The minimum absolute atomic E-state index is 0.263. The lowest BCUT2D eigenvalue weighted by Gasteiger charge is -2.29. The molecule has 1 aliphatic carbocycles. The van der Waals surface area contributed by atoms with Crippen LogP contribution in [0, 0.1) is 0 Å². The maximum absolute atomic E-state index is 13.3. The number of carbonyl (C=O) groups is 2. The molecule has 0 saturated heterocycles. The van der Waals surface area contributed by atoms with Crippen LogP contribution >= 0.6 is 11.6 Å². The third kappa shape index (κ3) is 1.86. The van der Waals surface area contributed by atoms with Crippen LogP contribution in [0.2, 0.25) is 0 Å². The zero-order valence-corrected chi connectivity index (χ0v) is 14.3. The Kier molecular flexibility index (Phi) is 3.06. The summed E-state index contributed by atoms with van der Waals surface area (Å²) < 4.78 is 0. The van der Waals surface area contributed by atoms with Gasteiger partial charge in [-0.25, -0.2) is 4.98 Å². The van der Waals surface area contributed by atoms with E-state index >= 15 is 0 Å². The highest BCUT2D eigenvalue weighted by atomic mass is 35.5. The molecule has 0 atom stereocenters. The summed E-state index contributed by atoms with van der Waals surface area (Å²) in [4.78, 5) is 29.3. The van der Waals surface area contributed by atoms with Crippen molar-refractivity contribution in [2.45, 2.75) is 4.87 Å². The zero-order chi connectivity index (χ0) is 17.9. The van der Waals surface area contributed by atoms with Gasteiger partial charge in [-0.15, -0.1) is 0 Å². The van der Waals surface area contributed by atoms with Crippen LogP contribution in [0.25, 0.3) is 21.7 Å². The van der Waals surface area contributed by atoms with Crippen LogP contribution in [-0.2, 0) is 4.87 Å². The first-order valence-corrected chi connectivity index (χ1v) is 8.65. The highest BCUT2D eigenvalue weighted by molar-refractivity contribution is 6.54. The molecule has 3 aromatic carbocycles. The Balaban J connectivity index is 1.81. The first-order chi connectivity index (χ1) is 12.6. The molecular formula is C22H12ClNO2. The molecule has 3 nitrogen and oxygen atoms in total. The molecule has 0 N–H and O–H groups in total. The Morgan fingerprint density at radius 1 is 0.692 bits per heavy atom. The molecule has 0 fully saturated rings. The summed E-state index contributed by atoms with van der Waals surface area (Å²) in [5.41, 5.74) is 1.88. The van der Waals surface area contributed by atoms with Crippen molar-refractivity contribution in [2.75, 3.05) is 0 Å². The number of carbonyl (C=O) groups excluding carboxylic acids is 2. The fourth-order valence-corrected chi connectivity index (χ4v) is 3.99. The Morgan fingerprint density at radius 3 is 2.00 bits per heavy atom. The number of Topliss-reactive ketones (excluding diaryl/α,β-unsaturated/α-hetero) is 2. The molecule has 26 heavy (non-hydrogen) atoms. The van der Waals surface area contributed by atoms with Gasteiger partial charge in [0.15, 0.2) is 11.6 Å². The van der Waals surface area contributed by atoms with Gasteiger partial charge in [-0.3, -0.25) is 9.59 Å². The van der Waals surface area contributed by atoms with Gasteiger partial charge < -0.3 is 0 Å². The van der Waals surface area contributed by atoms with Gasteiger partial charge in [0, 0.05) is 21.9 Å². The van der Waals surface area contributed by atoms with Gasteiger partial charge in [0.25, 0.3) is 0 Å². The number of pyridine rings is 1. The van der Waals surface area contributed by atoms with Gasteiger partial charge in [0.05, 0.1) is 11.2 Å². The van der Waals surface area contributed by atoms with E-state index in [0.29, 0.717) is 22.0 Å². The smallest absolute Gasteiger partial charge is 0.211 e. The van der Waals surface area contributed by atoms with E-state index < -0.39 is 16.4 Å². The molecule has 124 valence electrons. The van der Waals surface area contributed by atoms with Gasteiger partial charge in [-0.05, 0) is 17.5 Å². The molecule has 1 aliphatic rings. The van der Waals surface area contributed by atoms with E-state index in [1.54, 1.807) is 30.3 Å². The van der Waals surface area contributed by atoms with Crippen LogP contribution in [0.3, 0.4) is 0 Å². The van der Waals surface area contributed by atoms with E-state index in [1.165, 1.54) is 0 Å². The second-order valence-corrected chi connectivity index (χ2v) is 6.98. The summed E-state index contributed by atoms with van der Waals surface area (Å²) >= 11 is 6.75. The fraction of sp³-hybridized carbons (Fsp3) is 0.0455. The summed E-state index contributed by atoms with van der Waals surface area (Å²) in [7, 11) is 0. The lowest BCUT2D eigenvalue weighted by atomic mass is 9.77. The van der Waals surface area contributed by atoms with Crippen LogP contribution in [-0.4, -0.2) is 16.6 Å². The number of nitrogens with zero attached hydrogens (tertiary/aromatic N) is 1. The van der Waals surface area contributed by atoms with Crippen molar-refractivity contribution < 1.29 is 9.59 Å². The van der Waals surface area contributed by atoms with Crippen LogP contribution in [0.4, 0.5) is 0 Å². The lowest BCUT2D eigenvalue weighted by molar-refractivity contribution is 0.0823. The van der Waals surface area contributed by atoms with Crippen LogP contribution < -0.4 is 0 Å². The lowest BCUT2D eigenvalue weighted by Crippen LogP contribution is -2.42. The second kappa shape index (κ2) is 5.23. The van der Waals surface area contributed by atoms with Crippen molar-refractivity contribution in [1.29, 1.82) is 0 Å². The van der Waals surface area contributed by atoms with Crippen molar-refractivity contribution in [2.24, 2.45) is 0 Å². The van der Waals surface area contributed by atoms with Gasteiger partial charge in [0.2, 0.25) is 4.87 Å². The maximum atomic E-state index is 13.3. The standard InChI is InChI=1S/C22H12ClNO2/c23-22(18-12-11-13-5-1-2-10-17(13)24-18)20(25)15-8-3-6-14-7-4-9-16(19(14)15)21(22)26/h1-12H. The van der Waals surface area contributed by atoms with Crippen LogP contribution in [0.1, 0.15) is 26.4 Å². The molecule has 1 heterocycles. The quantitative estimate of drug-likeness (QED) is 0.359. The average Bonchev–Trinajstić information content (AvgIpc) is 2.70. The maximum Gasteiger partial charge on any atom is 0.211 e.